The summed E-state index contributed by atoms with van der Waals surface area (Å²) in [6, 6.07) is 0.189. The van der Waals surface area contributed by atoms with Crippen molar-refractivity contribution in [3.8, 4) is 0 Å². The number of nitrogen functional groups attached to an aromatic ring is 2. The normalized spacial score (nSPS) is 11.2. The number of nitro benzene ring substituents is 1. The third-order valence-corrected chi connectivity index (χ3v) is 2.36. The highest BCUT2D eigenvalue weighted by Gasteiger charge is 2.26. The summed E-state index contributed by atoms with van der Waals surface area (Å²) in [5.41, 5.74) is 8.33. The molecule has 12 heteroatoms. The second kappa shape index (κ2) is 5.07. The van der Waals surface area contributed by atoms with Gasteiger partial charge < -0.3 is 11.5 Å². The summed E-state index contributed by atoms with van der Waals surface area (Å²) >= 11 is 0. The van der Waals surface area contributed by atoms with Crippen molar-refractivity contribution in [1.82, 2.24) is 10.2 Å². The minimum absolute atomic E-state index is 0.137. The first kappa shape index (κ1) is 14.2. The van der Waals surface area contributed by atoms with Gasteiger partial charge in [0, 0.05) is 0 Å². The van der Waals surface area contributed by atoms with E-state index in [1.54, 1.807) is 0 Å². The van der Waals surface area contributed by atoms with Gasteiger partial charge >= 0.3 is 5.69 Å². The summed E-state index contributed by atoms with van der Waals surface area (Å²) in [7, 11) is 0. The number of azo groups is 1. The first-order valence-electron chi connectivity index (χ1n) is 5.15. The lowest BCUT2D eigenvalue weighted by Gasteiger charge is -2.00. The number of nitrogens with one attached hydrogen (secondary N) is 1. The highest BCUT2D eigenvalue weighted by atomic mass is 19.2. The molecule has 0 aliphatic heterocycles. The van der Waals surface area contributed by atoms with Crippen molar-refractivity contribution in [3.05, 3.63) is 33.6 Å². The molecule has 0 fully saturated rings. The number of benzene rings is 1. The SMILES string of the molecule is Nc1n[nH]c(N)c1N=Nc1c([N+](=O)[O-])cc(F)c(F)c1F. The molecule has 0 atom stereocenters. The van der Waals surface area contributed by atoms with Crippen LogP contribution in [0.5, 0.6) is 0 Å². The Hall–Kier alpha value is -3.18. The fourth-order valence-electron chi connectivity index (χ4n) is 1.38. The number of aromatic nitrogens is 2. The molecular weight excluding hydrogens is 295 g/mol. The smallest absolute Gasteiger partial charge is 0.302 e. The number of aromatic amines is 1. The number of nitrogens with zero attached hydrogens (tertiary/aromatic N) is 4. The highest BCUT2D eigenvalue weighted by Crippen LogP contribution is 2.36. The third-order valence-electron chi connectivity index (χ3n) is 2.36. The molecular formula is C9H6F3N7O2. The molecule has 0 amide bonds. The standard InChI is InChI=1S/C9H6F3N7O2/c10-2-1-3(19(20)21)6(5(12)4(2)11)15-16-7-8(13)17-18-9(7)14/h1H,(H5,13,14,17,18). The molecule has 110 valence electrons. The van der Waals surface area contributed by atoms with Gasteiger partial charge in [0.2, 0.25) is 5.69 Å². The van der Waals surface area contributed by atoms with Crippen molar-refractivity contribution in [2.45, 2.75) is 0 Å². The predicted octanol–water partition coefficient (Wildman–Crippen LogP) is 2.31. The summed E-state index contributed by atoms with van der Waals surface area (Å²) in [5, 5.41) is 22.9. The van der Waals surface area contributed by atoms with Crippen LogP contribution in [0.3, 0.4) is 0 Å². The van der Waals surface area contributed by atoms with Crippen LogP contribution in [0.1, 0.15) is 0 Å². The highest BCUT2D eigenvalue weighted by molar-refractivity contribution is 5.70. The van der Waals surface area contributed by atoms with E-state index in [2.05, 4.69) is 20.4 Å². The van der Waals surface area contributed by atoms with Crippen LogP contribution in [0.15, 0.2) is 16.3 Å². The molecule has 5 N–H and O–H groups in total. The average Bonchev–Trinajstić information content (AvgIpc) is 2.74. The first-order chi connectivity index (χ1) is 9.82. The Labute approximate surface area is 113 Å². The molecule has 0 aliphatic carbocycles. The second-order valence-electron chi connectivity index (χ2n) is 3.68. The van der Waals surface area contributed by atoms with Crippen molar-refractivity contribution < 1.29 is 18.1 Å². The Morgan fingerprint density at radius 1 is 1.19 bits per heavy atom. The van der Waals surface area contributed by atoms with Gasteiger partial charge in [0.1, 0.15) is 5.82 Å². The zero-order valence-corrected chi connectivity index (χ0v) is 9.97. The van der Waals surface area contributed by atoms with Crippen LogP contribution in [0.25, 0.3) is 0 Å². The Morgan fingerprint density at radius 3 is 2.33 bits per heavy atom. The number of nitrogens with two attached hydrogens (primary N) is 2. The van der Waals surface area contributed by atoms with Gasteiger partial charge in [-0.05, 0) is 0 Å². The lowest BCUT2D eigenvalue weighted by atomic mass is 10.2. The minimum Gasteiger partial charge on any atom is -0.382 e. The van der Waals surface area contributed by atoms with Crippen LogP contribution >= 0.6 is 0 Å². The minimum atomic E-state index is -1.91. The molecule has 1 heterocycles. The molecule has 0 unspecified atom stereocenters. The molecule has 9 nitrogen and oxygen atoms in total. The van der Waals surface area contributed by atoms with E-state index in [9.17, 15) is 23.3 Å². The van der Waals surface area contributed by atoms with Gasteiger partial charge in [0.25, 0.3) is 0 Å². The van der Waals surface area contributed by atoms with Gasteiger partial charge in [-0.1, -0.05) is 0 Å². The number of halogens is 3. The lowest BCUT2D eigenvalue weighted by Crippen LogP contribution is -1.97. The van der Waals surface area contributed by atoms with Crippen molar-refractivity contribution >= 4 is 28.7 Å². The van der Waals surface area contributed by atoms with E-state index in [1.807, 2.05) is 0 Å². The van der Waals surface area contributed by atoms with Gasteiger partial charge in [0.05, 0.1) is 11.0 Å². The molecule has 0 aliphatic rings. The molecule has 0 spiro atoms. The van der Waals surface area contributed by atoms with Crippen molar-refractivity contribution in [2.75, 3.05) is 11.5 Å². The predicted molar refractivity (Wildman–Crippen MR) is 64.6 cm³/mol. The summed E-state index contributed by atoms with van der Waals surface area (Å²) in [6.07, 6.45) is 0. The molecule has 0 saturated heterocycles. The maximum absolute atomic E-state index is 13.6. The fraction of sp³-hybridized carbons (Fsp3) is 0. The van der Waals surface area contributed by atoms with E-state index in [4.69, 9.17) is 11.5 Å². The second-order valence-corrected chi connectivity index (χ2v) is 3.68. The summed E-state index contributed by atoms with van der Waals surface area (Å²) in [4.78, 5) is 9.58. The van der Waals surface area contributed by atoms with Gasteiger partial charge in [-0.2, -0.15) is 5.10 Å². The van der Waals surface area contributed by atoms with Crippen molar-refractivity contribution in [2.24, 2.45) is 10.2 Å². The summed E-state index contributed by atoms with van der Waals surface area (Å²) in [6.45, 7) is 0. The van der Waals surface area contributed by atoms with Crippen molar-refractivity contribution in [1.29, 1.82) is 0 Å². The number of rotatable bonds is 3. The van der Waals surface area contributed by atoms with E-state index >= 15 is 0 Å². The molecule has 0 saturated carbocycles. The van der Waals surface area contributed by atoms with E-state index in [-0.39, 0.29) is 23.4 Å². The maximum Gasteiger partial charge on any atom is 0.302 e. The van der Waals surface area contributed by atoms with Gasteiger partial charge in [0.15, 0.2) is 29.0 Å². The molecule has 0 bridgehead atoms. The van der Waals surface area contributed by atoms with Crippen LogP contribution in [-0.4, -0.2) is 15.1 Å². The molecule has 2 rings (SSSR count). The maximum atomic E-state index is 13.6. The molecule has 1 aromatic carbocycles. The molecule has 21 heavy (non-hydrogen) atoms. The zero-order valence-electron chi connectivity index (χ0n) is 9.97. The van der Waals surface area contributed by atoms with Crippen LogP contribution in [0, 0.1) is 27.6 Å². The van der Waals surface area contributed by atoms with E-state index < -0.39 is 33.7 Å². The number of hydrogen-bond donors (Lipinski definition) is 3. The largest absolute Gasteiger partial charge is 0.382 e. The van der Waals surface area contributed by atoms with Crippen LogP contribution < -0.4 is 11.5 Å². The van der Waals surface area contributed by atoms with Crippen LogP contribution in [-0.2, 0) is 0 Å². The number of hydrogen-bond acceptors (Lipinski definition) is 7. The monoisotopic (exact) mass is 301 g/mol. The first-order valence-corrected chi connectivity index (χ1v) is 5.15. The number of H-pyrrole nitrogens is 1. The van der Waals surface area contributed by atoms with Crippen LogP contribution in [0.4, 0.5) is 41.9 Å². The van der Waals surface area contributed by atoms with Gasteiger partial charge in [-0.25, -0.2) is 13.2 Å². The topological polar surface area (TPSA) is 149 Å². The molecule has 1 aromatic heterocycles. The summed E-state index contributed by atoms with van der Waals surface area (Å²) < 4.78 is 39.6. The Bertz CT molecular complexity index is 739. The summed E-state index contributed by atoms with van der Waals surface area (Å²) in [5.74, 6) is -5.84. The molecule has 0 radical (unpaired) electrons. The van der Waals surface area contributed by atoms with E-state index in [0.29, 0.717) is 0 Å². The quantitative estimate of drug-likeness (QED) is 0.344. The molecule has 2 aromatic rings. The van der Waals surface area contributed by atoms with Gasteiger partial charge in [-0.3, -0.25) is 15.2 Å². The lowest BCUT2D eigenvalue weighted by molar-refractivity contribution is -0.384. The fourth-order valence-corrected chi connectivity index (χ4v) is 1.38. The Kier molecular flexibility index (Phi) is 3.44. The van der Waals surface area contributed by atoms with E-state index in [1.165, 1.54) is 0 Å². The van der Waals surface area contributed by atoms with Crippen LogP contribution in [0.2, 0.25) is 0 Å². The zero-order chi connectivity index (χ0) is 15.7. The van der Waals surface area contributed by atoms with Crippen molar-refractivity contribution in [3.63, 3.8) is 0 Å². The Balaban J connectivity index is 2.59. The van der Waals surface area contributed by atoms with Gasteiger partial charge in [-0.15, -0.1) is 10.2 Å². The number of anilines is 2. The number of nitro groups is 1. The average molecular weight is 301 g/mol. The Morgan fingerprint density at radius 2 is 1.81 bits per heavy atom. The third kappa shape index (κ3) is 2.45. The van der Waals surface area contributed by atoms with E-state index in [0.717, 1.165) is 0 Å².